The summed E-state index contributed by atoms with van der Waals surface area (Å²) < 4.78 is 17.8. The number of esters is 1. The number of benzene rings is 3. The second-order valence-corrected chi connectivity index (χ2v) is 11.1. The minimum atomic E-state index is -0.891. The van der Waals surface area contributed by atoms with Crippen molar-refractivity contribution in [2.75, 3.05) is 20.8 Å². The van der Waals surface area contributed by atoms with Gasteiger partial charge in [0.05, 0.1) is 47.9 Å². The summed E-state index contributed by atoms with van der Waals surface area (Å²) in [5.74, 6) is -0.138. The maximum atomic E-state index is 13.8. The van der Waals surface area contributed by atoms with E-state index in [0.29, 0.717) is 37.6 Å². The molecule has 1 aromatic heterocycles. The molecule has 0 bridgehead atoms. The van der Waals surface area contributed by atoms with Crippen molar-refractivity contribution < 1.29 is 23.9 Å². The molecule has 0 fully saturated rings. The molecule has 0 atom stereocenters. The van der Waals surface area contributed by atoms with E-state index >= 15 is 0 Å². The maximum absolute atomic E-state index is 13.8. The van der Waals surface area contributed by atoms with Crippen LogP contribution in [-0.2, 0) is 11.3 Å². The van der Waals surface area contributed by atoms with Crippen LogP contribution in [0, 0.1) is 10.1 Å². The van der Waals surface area contributed by atoms with E-state index in [4.69, 9.17) is 25.8 Å². The Bertz CT molecular complexity index is 1770. The molecular weight excluding hydrogens is 606 g/mol. The lowest BCUT2D eigenvalue weighted by molar-refractivity contribution is -0.387. The molecule has 0 radical (unpaired) electrons. The quantitative estimate of drug-likeness (QED) is 0.0893. The number of hydrogen-bond acceptors (Lipinski definition) is 10. The lowest BCUT2D eigenvalue weighted by Crippen LogP contribution is -2.42. The van der Waals surface area contributed by atoms with Gasteiger partial charge in [0.2, 0.25) is 0 Å². The summed E-state index contributed by atoms with van der Waals surface area (Å²) in [5, 5.41) is 11.8. The fourth-order valence-electron chi connectivity index (χ4n) is 3.96. The molecule has 0 aliphatic rings. The smallest absolute Gasteiger partial charge is 0.345 e. The number of nitrogens with zero attached hydrogens (tertiary/aromatic N) is 3. The second kappa shape index (κ2) is 13.6. The highest BCUT2D eigenvalue weighted by atomic mass is 35.5. The summed E-state index contributed by atoms with van der Waals surface area (Å²) in [7, 11) is 5.18. The van der Waals surface area contributed by atoms with E-state index in [1.165, 1.54) is 26.4 Å². The first kappa shape index (κ1) is 30.8. The summed E-state index contributed by atoms with van der Waals surface area (Å²) in [6.45, 7) is 1.37. The van der Waals surface area contributed by atoms with E-state index in [9.17, 15) is 24.5 Å². The van der Waals surface area contributed by atoms with Crippen molar-refractivity contribution in [3.63, 3.8) is 0 Å². The van der Waals surface area contributed by atoms with Gasteiger partial charge in [0, 0.05) is 23.2 Å². The number of carbonyl (C=O) groups is 1. The largest absolute Gasteiger partial charge is 0.493 e. The molecule has 4 rings (SSSR count). The van der Waals surface area contributed by atoms with Crippen LogP contribution >= 0.6 is 33.2 Å². The van der Waals surface area contributed by atoms with Crippen LogP contribution in [0.5, 0.6) is 11.5 Å². The number of methoxy groups -OCH3 is 2. The number of ether oxygens (including phenoxy) is 3. The number of rotatable bonds is 11. The highest BCUT2D eigenvalue weighted by Gasteiger charge is 2.22. The molecule has 0 saturated heterocycles. The van der Waals surface area contributed by atoms with Gasteiger partial charge in [-0.2, -0.15) is 0 Å². The molecule has 42 heavy (non-hydrogen) atoms. The first-order valence-electron chi connectivity index (χ1n) is 12.3. The van der Waals surface area contributed by atoms with Crippen LogP contribution in [0.15, 0.2) is 86.2 Å². The van der Waals surface area contributed by atoms with E-state index in [-0.39, 0.29) is 24.4 Å². The predicted molar refractivity (Wildman–Crippen MR) is 161 cm³/mol. The van der Waals surface area contributed by atoms with Gasteiger partial charge in [-0.3, -0.25) is 24.0 Å². The van der Waals surface area contributed by atoms with Crippen LogP contribution in [0.25, 0.3) is 5.69 Å². The average molecular weight is 630 g/mol. The summed E-state index contributed by atoms with van der Waals surface area (Å²) in [5.41, 5.74) is -1.21. The number of hydrogen-bond donors (Lipinski definition) is 0. The summed E-state index contributed by atoms with van der Waals surface area (Å²) in [6, 6.07) is 15.9. The second-order valence-electron chi connectivity index (χ2n) is 8.47. The van der Waals surface area contributed by atoms with E-state index in [1.807, 2.05) is 0 Å². The van der Waals surface area contributed by atoms with E-state index in [2.05, 4.69) is 0 Å². The molecule has 218 valence electrons. The normalized spacial score (nSPS) is 10.8. The Morgan fingerprint density at radius 3 is 2.43 bits per heavy atom. The first-order chi connectivity index (χ1) is 20.2. The van der Waals surface area contributed by atoms with Crippen molar-refractivity contribution in [2.24, 2.45) is 0 Å². The Labute approximate surface area is 252 Å². The van der Waals surface area contributed by atoms with Gasteiger partial charge in [-0.1, -0.05) is 46.7 Å². The lowest BCUT2D eigenvalue weighted by atomic mass is 10.2. The Balaban J connectivity index is 1.83. The van der Waals surface area contributed by atoms with Gasteiger partial charge in [-0.15, -0.1) is 0 Å². The van der Waals surface area contributed by atoms with Crippen LogP contribution in [0.4, 0.5) is 5.69 Å². The third-order valence-corrected chi connectivity index (χ3v) is 8.94. The molecule has 14 heteroatoms. The van der Waals surface area contributed by atoms with Crippen molar-refractivity contribution >= 4 is 44.8 Å². The van der Waals surface area contributed by atoms with Crippen molar-refractivity contribution in [3.8, 4) is 17.2 Å². The molecule has 0 spiro atoms. The number of aromatic nitrogens is 2. The van der Waals surface area contributed by atoms with Crippen molar-refractivity contribution in [1.29, 1.82) is 0 Å². The van der Waals surface area contributed by atoms with Gasteiger partial charge in [0.25, 0.3) is 11.2 Å². The van der Waals surface area contributed by atoms with Crippen LogP contribution in [0.1, 0.15) is 22.8 Å². The summed E-state index contributed by atoms with van der Waals surface area (Å²) in [6.07, 6.45) is 1.14. The highest BCUT2D eigenvalue weighted by Crippen LogP contribution is 2.45. The van der Waals surface area contributed by atoms with Gasteiger partial charge < -0.3 is 14.2 Å². The van der Waals surface area contributed by atoms with Gasteiger partial charge in [-0.25, -0.2) is 9.59 Å². The van der Waals surface area contributed by atoms with Gasteiger partial charge in [0.15, 0.2) is 11.5 Å². The highest BCUT2D eigenvalue weighted by molar-refractivity contribution is 8.76. The maximum Gasteiger partial charge on any atom is 0.345 e. The molecule has 0 aliphatic carbocycles. The topological polar surface area (TPSA) is 132 Å². The minimum Gasteiger partial charge on any atom is -0.493 e. The van der Waals surface area contributed by atoms with Crippen molar-refractivity contribution in [1.82, 2.24) is 9.13 Å². The van der Waals surface area contributed by atoms with Gasteiger partial charge in [-0.05, 0) is 47.5 Å². The van der Waals surface area contributed by atoms with Gasteiger partial charge in [0.1, 0.15) is 5.56 Å². The monoisotopic (exact) mass is 629 g/mol. The Morgan fingerprint density at radius 1 is 1.00 bits per heavy atom. The number of nitro groups is 1. The fraction of sp³-hybridized carbons (Fsp3) is 0.179. The number of halogens is 1. The summed E-state index contributed by atoms with van der Waals surface area (Å²) >= 11 is 6.52. The zero-order valence-electron chi connectivity index (χ0n) is 22.6. The van der Waals surface area contributed by atoms with Crippen molar-refractivity contribution in [2.45, 2.75) is 23.3 Å². The van der Waals surface area contributed by atoms with E-state index < -0.39 is 22.1 Å². The van der Waals surface area contributed by atoms with Gasteiger partial charge >= 0.3 is 11.7 Å². The Kier molecular flexibility index (Phi) is 9.99. The van der Waals surface area contributed by atoms with Crippen LogP contribution < -0.4 is 20.7 Å². The molecule has 0 saturated carbocycles. The number of carbonyl (C=O) groups excluding carboxylic acids is 1. The number of nitro benzene ring substituents is 1. The molecular formula is C28H24ClN3O8S2. The van der Waals surface area contributed by atoms with Crippen LogP contribution in [0.2, 0.25) is 5.02 Å². The molecule has 0 N–H and O–H groups in total. The molecule has 4 aromatic rings. The number of para-hydroxylation sites is 1. The fourth-order valence-corrected chi connectivity index (χ4v) is 6.86. The molecule has 0 aliphatic heterocycles. The first-order valence-corrected chi connectivity index (χ1v) is 14.8. The van der Waals surface area contributed by atoms with Crippen LogP contribution in [0.3, 0.4) is 0 Å². The van der Waals surface area contributed by atoms with E-state index in [1.54, 1.807) is 55.5 Å². The zero-order chi connectivity index (χ0) is 30.4. The molecule has 11 nitrogen and oxygen atoms in total. The molecule has 3 aromatic carbocycles. The minimum absolute atomic E-state index is 0.0195. The molecule has 0 unspecified atom stereocenters. The SMILES string of the molecule is CCOC(=O)c1cn(-c2ccc(OC)c(OC)c2)c(=O)n(Cc2cccc(Cl)c2SSc2ccccc2[N+](=O)[O-])c1=O. The third kappa shape index (κ3) is 6.48. The molecule has 1 heterocycles. The predicted octanol–water partition coefficient (Wildman–Crippen LogP) is 5.60. The zero-order valence-corrected chi connectivity index (χ0v) is 25.0. The van der Waals surface area contributed by atoms with Crippen molar-refractivity contribution in [3.05, 3.63) is 114 Å². The third-order valence-electron chi connectivity index (χ3n) is 5.97. The Hall–Kier alpha value is -4.20. The van der Waals surface area contributed by atoms with E-state index in [0.717, 1.165) is 36.9 Å². The standard InChI is InChI=1S/C28H24ClN3O8S2/c1-4-40-27(34)19-16-30(18-12-13-22(38-2)23(14-18)39-3)28(35)31(26(19)33)15-17-8-7-9-20(29)25(17)42-41-24-11-6-5-10-21(24)32(36)37/h5-14,16H,4,15H2,1-3H3. The Morgan fingerprint density at radius 2 is 1.74 bits per heavy atom. The lowest BCUT2D eigenvalue weighted by Gasteiger charge is -2.16. The average Bonchev–Trinajstić information content (AvgIpc) is 2.98. The van der Waals surface area contributed by atoms with Crippen LogP contribution in [-0.4, -0.2) is 40.9 Å². The molecule has 0 amide bonds. The summed E-state index contributed by atoms with van der Waals surface area (Å²) in [4.78, 5) is 51.9.